The van der Waals surface area contributed by atoms with Gasteiger partial charge >= 0.3 is 0 Å². The zero-order valence-electron chi connectivity index (χ0n) is 17.0. The molecule has 0 spiro atoms. The number of ether oxygens (including phenoxy) is 1. The van der Waals surface area contributed by atoms with Crippen molar-refractivity contribution in [2.24, 2.45) is 5.92 Å². The number of carbonyl (C=O) groups is 1. The number of likely N-dealkylation sites (tertiary alicyclic amines) is 2. The third kappa shape index (κ3) is 4.78. The molecule has 6 nitrogen and oxygen atoms in total. The molecule has 3 aliphatic rings. The Morgan fingerprint density at radius 3 is 2.46 bits per heavy atom. The number of nitrogen functional groups attached to an aromatic ring is 1. The van der Waals surface area contributed by atoms with Crippen LogP contribution in [0.1, 0.15) is 48.9 Å². The van der Waals surface area contributed by atoms with Gasteiger partial charge < -0.3 is 25.6 Å². The number of hydrogen-bond donors (Lipinski definition) is 2. The molecule has 1 saturated carbocycles. The summed E-state index contributed by atoms with van der Waals surface area (Å²) in [5, 5.41) is 3.19. The fourth-order valence-electron chi connectivity index (χ4n) is 4.66. The third-order valence-corrected chi connectivity index (χ3v) is 6.65. The normalized spacial score (nSPS) is 22.9. The number of rotatable bonds is 6. The van der Waals surface area contributed by atoms with E-state index in [1.54, 1.807) is 25.3 Å². The number of nitrogens with one attached hydrogen (secondary N) is 1. The predicted octanol–water partition coefficient (Wildman–Crippen LogP) is 2.35. The molecule has 2 saturated heterocycles. The number of nitrogens with zero attached hydrogens (tertiary/aromatic N) is 2. The van der Waals surface area contributed by atoms with Gasteiger partial charge in [-0.3, -0.25) is 4.79 Å². The number of nitrogens with two attached hydrogens (primary N) is 1. The molecule has 1 aliphatic carbocycles. The third-order valence-electron chi connectivity index (χ3n) is 6.65. The molecule has 0 bridgehead atoms. The fraction of sp³-hybridized carbons (Fsp3) is 0.682. The molecule has 0 atom stereocenters. The summed E-state index contributed by atoms with van der Waals surface area (Å²) >= 11 is 0. The maximum atomic E-state index is 12.6. The van der Waals surface area contributed by atoms with Gasteiger partial charge in [0.25, 0.3) is 5.91 Å². The molecule has 0 aromatic heterocycles. The molecule has 154 valence electrons. The standard InChI is InChI=1S/C22H34N4O2/c1-28-21-14-17(4-5-20(21)23)22(27)24-18-6-12-26(13-7-18)19-8-10-25(11-9-19)15-16-2-3-16/h4-5,14,16,18-19H,2-3,6-13,15,23H2,1H3,(H,24,27). The number of amides is 1. The Bertz CT molecular complexity index is 675. The van der Waals surface area contributed by atoms with Gasteiger partial charge in [-0.05, 0) is 75.7 Å². The zero-order valence-corrected chi connectivity index (χ0v) is 17.0. The van der Waals surface area contributed by atoms with E-state index in [-0.39, 0.29) is 11.9 Å². The van der Waals surface area contributed by atoms with E-state index in [9.17, 15) is 4.79 Å². The average Bonchev–Trinajstić information content (AvgIpc) is 3.53. The van der Waals surface area contributed by atoms with Gasteiger partial charge in [-0.15, -0.1) is 0 Å². The molecule has 0 radical (unpaired) electrons. The summed E-state index contributed by atoms with van der Waals surface area (Å²) in [7, 11) is 1.57. The van der Waals surface area contributed by atoms with Crippen molar-refractivity contribution < 1.29 is 9.53 Å². The molecule has 28 heavy (non-hydrogen) atoms. The van der Waals surface area contributed by atoms with Gasteiger partial charge in [0.2, 0.25) is 0 Å². The lowest BCUT2D eigenvalue weighted by Crippen LogP contribution is -2.51. The molecule has 3 N–H and O–H groups in total. The predicted molar refractivity (Wildman–Crippen MR) is 112 cm³/mol. The number of anilines is 1. The summed E-state index contributed by atoms with van der Waals surface area (Å²) in [6.07, 6.45) is 7.55. The van der Waals surface area contributed by atoms with Crippen LogP contribution >= 0.6 is 0 Å². The van der Waals surface area contributed by atoms with Crippen molar-refractivity contribution in [3.8, 4) is 5.75 Å². The Hall–Kier alpha value is -1.79. The van der Waals surface area contributed by atoms with E-state index in [0.29, 0.717) is 17.0 Å². The highest BCUT2D eigenvalue weighted by atomic mass is 16.5. The summed E-state index contributed by atoms with van der Waals surface area (Å²) < 4.78 is 5.22. The highest BCUT2D eigenvalue weighted by molar-refractivity contribution is 5.95. The highest BCUT2D eigenvalue weighted by Gasteiger charge is 2.31. The van der Waals surface area contributed by atoms with Crippen molar-refractivity contribution in [1.29, 1.82) is 0 Å². The van der Waals surface area contributed by atoms with Gasteiger partial charge in [-0.25, -0.2) is 0 Å². The van der Waals surface area contributed by atoms with Crippen LogP contribution in [-0.4, -0.2) is 67.6 Å². The van der Waals surface area contributed by atoms with E-state index in [0.717, 1.165) is 37.9 Å². The summed E-state index contributed by atoms with van der Waals surface area (Å²) in [4.78, 5) is 17.9. The summed E-state index contributed by atoms with van der Waals surface area (Å²) in [6.45, 7) is 6.02. The van der Waals surface area contributed by atoms with Gasteiger partial charge in [0.1, 0.15) is 5.75 Å². The maximum absolute atomic E-state index is 12.6. The van der Waals surface area contributed by atoms with Crippen LogP contribution in [0.15, 0.2) is 18.2 Å². The Morgan fingerprint density at radius 2 is 1.82 bits per heavy atom. The van der Waals surface area contributed by atoms with E-state index < -0.39 is 0 Å². The lowest BCUT2D eigenvalue weighted by atomic mass is 9.97. The zero-order chi connectivity index (χ0) is 19.5. The summed E-state index contributed by atoms with van der Waals surface area (Å²) in [6, 6.07) is 6.19. The van der Waals surface area contributed by atoms with Gasteiger partial charge in [0.05, 0.1) is 12.8 Å². The summed E-state index contributed by atoms with van der Waals surface area (Å²) in [5.41, 5.74) is 7.00. The van der Waals surface area contributed by atoms with E-state index >= 15 is 0 Å². The SMILES string of the molecule is COc1cc(C(=O)NC2CCN(C3CCN(CC4CC4)CC3)CC2)ccc1N. The quantitative estimate of drug-likeness (QED) is 0.735. The number of benzene rings is 1. The summed E-state index contributed by atoms with van der Waals surface area (Å²) in [5.74, 6) is 1.51. The molecule has 0 unspecified atom stereocenters. The van der Waals surface area contributed by atoms with Crippen molar-refractivity contribution >= 4 is 11.6 Å². The van der Waals surface area contributed by atoms with Crippen LogP contribution < -0.4 is 15.8 Å². The van der Waals surface area contributed by atoms with Crippen LogP contribution in [0.2, 0.25) is 0 Å². The van der Waals surface area contributed by atoms with E-state index in [1.165, 1.54) is 45.3 Å². The van der Waals surface area contributed by atoms with Crippen molar-refractivity contribution in [1.82, 2.24) is 15.1 Å². The Morgan fingerprint density at radius 1 is 1.11 bits per heavy atom. The second-order valence-corrected chi connectivity index (χ2v) is 8.72. The van der Waals surface area contributed by atoms with Crippen LogP contribution in [-0.2, 0) is 0 Å². The van der Waals surface area contributed by atoms with Crippen molar-refractivity contribution in [2.75, 3.05) is 45.6 Å². The molecule has 3 fully saturated rings. The van der Waals surface area contributed by atoms with Crippen molar-refractivity contribution in [3.05, 3.63) is 23.8 Å². The van der Waals surface area contributed by atoms with Crippen LogP contribution in [0.4, 0.5) is 5.69 Å². The van der Waals surface area contributed by atoms with Crippen LogP contribution in [0.25, 0.3) is 0 Å². The fourth-order valence-corrected chi connectivity index (χ4v) is 4.66. The average molecular weight is 387 g/mol. The van der Waals surface area contributed by atoms with Gasteiger partial charge in [-0.2, -0.15) is 0 Å². The lowest BCUT2D eigenvalue weighted by Gasteiger charge is -2.42. The number of piperidine rings is 2. The second kappa shape index (κ2) is 8.70. The van der Waals surface area contributed by atoms with E-state index in [1.807, 2.05) is 0 Å². The maximum Gasteiger partial charge on any atom is 0.251 e. The van der Waals surface area contributed by atoms with Crippen molar-refractivity contribution in [2.45, 2.75) is 50.6 Å². The monoisotopic (exact) mass is 386 g/mol. The molecular weight excluding hydrogens is 352 g/mol. The number of methoxy groups -OCH3 is 1. The first-order valence-electron chi connectivity index (χ1n) is 10.8. The number of hydrogen-bond acceptors (Lipinski definition) is 5. The molecule has 4 rings (SSSR count). The molecule has 2 aliphatic heterocycles. The first kappa shape index (κ1) is 19.5. The van der Waals surface area contributed by atoms with Crippen LogP contribution in [0.5, 0.6) is 5.75 Å². The molecule has 1 amide bonds. The highest BCUT2D eigenvalue weighted by Crippen LogP contribution is 2.31. The largest absolute Gasteiger partial charge is 0.495 e. The minimum Gasteiger partial charge on any atom is -0.495 e. The molecule has 1 aromatic carbocycles. The van der Waals surface area contributed by atoms with Crippen LogP contribution in [0.3, 0.4) is 0 Å². The van der Waals surface area contributed by atoms with Gasteiger partial charge in [0.15, 0.2) is 0 Å². The molecule has 6 heteroatoms. The van der Waals surface area contributed by atoms with E-state index in [4.69, 9.17) is 10.5 Å². The van der Waals surface area contributed by atoms with E-state index in [2.05, 4.69) is 15.1 Å². The second-order valence-electron chi connectivity index (χ2n) is 8.72. The smallest absolute Gasteiger partial charge is 0.251 e. The number of carbonyl (C=O) groups excluding carboxylic acids is 1. The first-order valence-corrected chi connectivity index (χ1v) is 10.8. The molecular formula is C22H34N4O2. The minimum atomic E-state index is -0.0369. The van der Waals surface area contributed by atoms with Gasteiger partial charge in [-0.1, -0.05) is 0 Å². The Kier molecular flexibility index (Phi) is 6.07. The van der Waals surface area contributed by atoms with Crippen molar-refractivity contribution in [3.63, 3.8) is 0 Å². The molecule has 2 heterocycles. The molecule has 1 aromatic rings. The van der Waals surface area contributed by atoms with Gasteiger partial charge in [0, 0.05) is 37.3 Å². The van der Waals surface area contributed by atoms with Crippen LogP contribution in [0, 0.1) is 5.92 Å². The topological polar surface area (TPSA) is 70.8 Å². The Balaban J connectivity index is 1.21. The minimum absolute atomic E-state index is 0.0369. The lowest BCUT2D eigenvalue weighted by molar-refractivity contribution is 0.0755. The first-order chi connectivity index (χ1) is 13.6. The Labute approximate surface area is 168 Å².